The number of rotatable bonds is 4. The minimum atomic E-state index is -0.253. The Hall–Kier alpha value is -2.55. The summed E-state index contributed by atoms with van der Waals surface area (Å²) in [7, 11) is 0. The zero-order valence-corrected chi connectivity index (χ0v) is 14.7. The largest absolute Gasteiger partial charge is 0.260 e. The van der Waals surface area contributed by atoms with E-state index in [1.807, 2.05) is 36.7 Å². The van der Waals surface area contributed by atoms with Gasteiger partial charge in [-0.05, 0) is 64.1 Å². The molecule has 0 spiro atoms. The maximum Gasteiger partial charge on any atom is 0.0523 e. The number of pyridine rings is 3. The molecule has 0 atom stereocenters. The van der Waals surface area contributed by atoms with Crippen LogP contribution in [0.2, 0.25) is 0 Å². The van der Waals surface area contributed by atoms with Crippen molar-refractivity contribution in [3.05, 3.63) is 89.8 Å². The van der Waals surface area contributed by atoms with E-state index in [9.17, 15) is 0 Å². The second-order valence-corrected chi connectivity index (χ2v) is 7.09. The lowest BCUT2D eigenvalue weighted by atomic mass is 9.81. The molecule has 3 heterocycles. The molecular weight excluding hydrogens is 294 g/mol. The number of hydrogen-bond acceptors (Lipinski definition) is 3. The quantitative estimate of drug-likeness (QED) is 0.710. The van der Waals surface area contributed by atoms with Crippen molar-refractivity contribution < 1.29 is 0 Å². The van der Waals surface area contributed by atoms with Gasteiger partial charge in [0.05, 0.1) is 22.8 Å². The zero-order chi connectivity index (χ0) is 17.2. The van der Waals surface area contributed by atoms with Crippen LogP contribution in [0.15, 0.2) is 67.0 Å². The molecule has 0 saturated heterocycles. The molecule has 0 aromatic carbocycles. The first-order valence-corrected chi connectivity index (χ1v) is 8.23. The molecule has 3 aromatic heterocycles. The molecule has 0 N–H and O–H groups in total. The predicted octanol–water partition coefficient (Wildman–Crippen LogP) is 4.52. The summed E-state index contributed by atoms with van der Waals surface area (Å²) in [6, 6.07) is 18.3. The lowest BCUT2D eigenvalue weighted by molar-refractivity contribution is 0.557. The fourth-order valence-electron chi connectivity index (χ4n) is 2.86. The number of aromatic nitrogens is 3. The van der Waals surface area contributed by atoms with Crippen molar-refractivity contribution in [3.8, 4) is 0 Å². The highest BCUT2D eigenvalue weighted by Gasteiger charge is 2.30. The molecule has 0 aliphatic rings. The predicted molar refractivity (Wildman–Crippen MR) is 97.0 cm³/mol. The van der Waals surface area contributed by atoms with E-state index in [1.54, 1.807) is 0 Å². The fraction of sp³-hybridized carbons (Fsp3) is 0.286. The molecule has 24 heavy (non-hydrogen) atoms. The van der Waals surface area contributed by atoms with Crippen LogP contribution in [-0.4, -0.2) is 15.0 Å². The zero-order valence-electron chi connectivity index (χ0n) is 14.7. The van der Waals surface area contributed by atoms with E-state index in [2.05, 4.69) is 68.0 Å². The lowest BCUT2D eigenvalue weighted by Gasteiger charge is -2.28. The topological polar surface area (TPSA) is 38.7 Å². The smallest absolute Gasteiger partial charge is 0.0523 e. The van der Waals surface area contributed by atoms with Crippen molar-refractivity contribution in [2.24, 2.45) is 0 Å². The summed E-state index contributed by atoms with van der Waals surface area (Å²) in [6.45, 7) is 8.65. The number of nitrogens with zero attached hydrogens (tertiary/aromatic N) is 3. The SMILES string of the molecule is CC(C)(c1ccccn1)c1cccc(C(C)(C)c2ccccn2)n1. The Morgan fingerprint density at radius 3 is 1.33 bits per heavy atom. The van der Waals surface area contributed by atoms with Crippen LogP contribution < -0.4 is 0 Å². The summed E-state index contributed by atoms with van der Waals surface area (Å²) in [4.78, 5) is 14.0. The van der Waals surface area contributed by atoms with Gasteiger partial charge in [-0.1, -0.05) is 18.2 Å². The molecule has 0 aliphatic heterocycles. The van der Waals surface area contributed by atoms with Crippen molar-refractivity contribution >= 4 is 0 Å². The van der Waals surface area contributed by atoms with Crippen molar-refractivity contribution in [2.45, 2.75) is 38.5 Å². The van der Waals surface area contributed by atoms with E-state index in [-0.39, 0.29) is 10.8 Å². The molecule has 3 rings (SSSR count). The van der Waals surface area contributed by atoms with E-state index >= 15 is 0 Å². The third-order valence-corrected chi connectivity index (χ3v) is 4.64. The van der Waals surface area contributed by atoms with Crippen LogP contribution in [-0.2, 0) is 10.8 Å². The molecule has 0 saturated carbocycles. The van der Waals surface area contributed by atoms with Gasteiger partial charge in [0.25, 0.3) is 0 Å². The van der Waals surface area contributed by atoms with Crippen molar-refractivity contribution in [3.63, 3.8) is 0 Å². The van der Waals surface area contributed by atoms with E-state index in [1.165, 1.54) is 0 Å². The third-order valence-electron chi connectivity index (χ3n) is 4.64. The number of hydrogen-bond donors (Lipinski definition) is 0. The highest BCUT2D eigenvalue weighted by Crippen LogP contribution is 2.32. The van der Waals surface area contributed by atoms with Crippen LogP contribution in [0.25, 0.3) is 0 Å². The van der Waals surface area contributed by atoms with Crippen LogP contribution >= 0.6 is 0 Å². The van der Waals surface area contributed by atoms with Crippen LogP contribution in [0.4, 0.5) is 0 Å². The first kappa shape index (κ1) is 16.3. The minimum absolute atomic E-state index is 0.253. The van der Waals surface area contributed by atoms with E-state index in [0.717, 1.165) is 22.8 Å². The van der Waals surface area contributed by atoms with Gasteiger partial charge in [-0.15, -0.1) is 0 Å². The molecular formula is C21H23N3. The molecule has 0 amide bonds. The van der Waals surface area contributed by atoms with Gasteiger partial charge in [-0.2, -0.15) is 0 Å². The normalized spacial score (nSPS) is 12.2. The molecule has 3 nitrogen and oxygen atoms in total. The average Bonchev–Trinajstić information content (AvgIpc) is 2.63. The maximum atomic E-state index is 4.99. The average molecular weight is 317 g/mol. The van der Waals surface area contributed by atoms with Crippen molar-refractivity contribution in [2.75, 3.05) is 0 Å². The van der Waals surface area contributed by atoms with Gasteiger partial charge in [-0.3, -0.25) is 15.0 Å². The Morgan fingerprint density at radius 2 is 0.958 bits per heavy atom. The Balaban J connectivity index is 2.04. The molecule has 0 fully saturated rings. The van der Waals surface area contributed by atoms with Gasteiger partial charge in [0, 0.05) is 23.2 Å². The highest BCUT2D eigenvalue weighted by molar-refractivity contribution is 5.34. The maximum absolute atomic E-state index is 4.99. The molecule has 0 unspecified atom stereocenters. The summed E-state index contributed by atoms with van der Waals surface area (Å²) >= 11 is 0. The van der Waals surface area contributed by atoms with Crippen LogP contribution in [0.1, 0.15) is 50.5 Å². The third kappa shape index (κ3) is 2.94. The summed E-state index contributed by atoms with van der Waals surface area (Å²) in [6.07, 6.45) is 3.66. The molecule has 0 bridgehead atoms. The van der Waals surface area contributed by atoms with Gasteiger partial charge in [0.15, 0.2) is 0 Å². The van der Waals surface area contributed by atoms with Gasteiger partial charge in [0.1, 0.15) is 0 Å². The highest BCUT2D eigenvalue weighted by atomic mass is 14.8. The Morgan fingerprint density at radius 1 is 0.542 bits per heavy atom. The van der Waals surface area contributed by atoms with Crippen molar-refractivity contribution in [1.29, 1.82) is 0 Å². The first-order chi connectivity index (χ1) is 11.4. The lowest BCUT2D eigenvalue weighted by Crippen LogP contribution is -2.26. The van der Waals surface area contributed by atoms with Crippen molar-refractivity contribution in [1.82, 2.24) is 15.0 Å². The second kappa shape index (κ2) is 6.16. The Labute approximate surface area is 143 Å². The Bertz CT molecular complexity index is 742. The first-order valence-electron chi connectivity index (χ1n) is 8.23. The molecule has 3 heteroatoms. The minimum Gasteiger partial charge on any atom is -0.260 e. The summed E-state index contributed by atoms with van der Waals surface area (Å²) in [5.41, 5.74) is 3.57. The van der Waals surface area contributed by atoms with Crippen LogP contribution in [0.5, 0.6) is 0 Å². The van der Waals surface area contributed by atoms with Crippen LogP contribution in [0.3, 0.4) is 0 Å². The standard InChI is InChI=1S/C21H23N3/c1-20(2,16-10-5-7-14-22-16)18-12-9-13-19(24-18)21(3,4)17-11-6-8-15-23-17/h5-15H,1-4H3. The van der Waals surface area contributed by atoms with Gasteiger partial charge in [0.2, 0.25) is 0 Å². The van der Waals surface area contributed by atoms with Gasteiger partial charge < -0.3 is 0 Å². The van der Waals surface area contributed by atoms with E-state index < -0.39 is 0 Å². The molecule has 122 valence electrons. The summed E-state index contributed by atoms with van der Waals surface area (Å²) in [5, 5.41) is 0. The van der Waals surface area contributed by atoms with Gasteiger partial charge >= 0.3 is 0 Å². The monoisotopic (exact) mass is 317 g/mol. The molecule has 3 aromatic rings. The van der Waals surface area contributed by atoms with Gasteiger partial charge in [-0.25, -0.2) is 0 Å². The second-order valence-electron chi connectivity index (χ2n) is 7.09. The molecule has 0 aliphatic carbocycles. The summed E-state index contributed by atoms with van der Waals surface area (Å²) < 4.78 is 0. The van der Waals surface area contributed by atoms with E-state index in [4.69, 9.17) is 4.98 Å². The summed E-state index contributed by atoms with van der Waals surface area (Å²) in [5.74, 6) is 0. The molecule has 0 radical (unpaired) electrons. The Kier molecular flexibility index (Phi) is 4.18. The van der Waals surface area contributed by atoms with E-state index in [0.29, 0.717) is 0 Å². The fourth-order valence-corrected chi connectivity index (χ4v) is 2.86. The van der Waals surface area contributed by atoms with Crippen LogP contribution in [0, 0.1) is 0 Å².